The molecule has 116 valence electrons. The molecule has 1 N–H and O–H groups in total. The number of carboxylic acid groups (broad SMARTS) is 1. The summed E-state index contributed by atoms with van der Waals surface area (Å²) in [4.78, 5) is 23.6. The van der Waals surface area contributed by atoms with Gasteiger partial charge in [0.15, 0.2) is 5.92 Å². The van der Waals surface area contributed by atoms with Crippen LogP contribution in [-0.4, -0.2) is 22.6 Å². The number of hydrogen-bond acceptors (Lipinski definition) is 3. The fourth-order valence-corrected chi connectivity index (χ4v) is 2.93. The van der Waals surface area contributed by atoms with Gasteiger partial charge in [-0.3, -0.25) is 9.59 Å². The van der Waals surface area contributed by atoms with Gasteiger partial charge in [0, 0.05) is 0 Å². The van der Waals surface area contributed by atoms with E-state index in [1.165, 1.54) is 0 Å². The molecular weight excluding hydrogens is 256 g/mol. The van der Waals surface area contributed by atoms with Crippen LogP contribution < -0.4 is 0 Å². The fourth-order valence-electron chi connectivity index (χ4n) is 2.93. The van der Waals surface area contributed by atoms with Crippen LogP contribution in [0.5, 0.6) is 0 Å². The summed E-state index contributed by atoms with van der Waals surface area (Å²) in [5, 5.41) is 9.37. The molecule has 0 bridgehead atoms. The Kier molecular flexibility index (Phi) is 5.22. The molecule has 4 heteroatoms. The number of hydrogen-bond donors (Lipinski definition) is 1. The minimum Gasteiger partial charge on any atom is -0.481 e. The molecule has 1 aliphatic rings. The summed E-state index contributed by atoms with van der Waals surface area (Å²) in [5.74, 6) is -2.16. The van der Waals surface area contributed by atoms with Crippen molar-refractivity contribution >= 4 is 11.9 Å². The molecule has 0 aliphatic heterocycles. The van der Waals surface area contributed by atoms with Gasteiger partial charge in [-0.05, 0) is 57.8 Å². The second-order valence-electron chi connectivity index (χ2n) is 7.31. The number of carboxylic acids is 1. The Morgan fingerprint density at radius 1 is 1.25 bits per heavy atom. The molecule has 0 aromatic rings. The zero-order valence-corrected chi connectivity index (χ0v) is 13.4. The van der Waals surface area contributed by atoms with Gasteiger partial charge >= 0.3 is 11.9 Å². The van der Waals surface area contributed by atoms with Gasteiger partial charge in [-0.2, -0.15) is 0 Å². The maximum Gasteiger partial charge on any atom is 0.320 e. The summed E-state index contributed by atoms with van der Waals surface area (Å²) < 4.78 is 5.27. The molecule has 1 aliphatic carbocycles. The van der Waals surface area contributed by atoms with Crippen LogP contribution in [0.25, 0.3) is 0 Å². The molecule has 4 nitrogen and oxygen atoms in total. The van der Waals surface area contributed by atoms with Crippen LogP contribution in [0.1, 0.15) is 66.7 Å². The SMILES string of the molecule is CCCC(C)(CC(C(=O)O)C(=O)OC(C)(C)C)C1CC1. The summed E-state index contributed by atoms with van der Waals surface area (Å²) in [6.45, 7) is 9.50. The Morgan fingerprint density at radius 3 is 2.15 bits per heavy atom. The van der Waals surface area contributed by atoms with E-state index >= 15 is 0 Å². The van der Waals surface area contributed by atoms with Crippen molar-refractivity contribution in [1.29, 1.82) is 0 Å². The fraction of sp³-hybridized carbons (Fsp3) is 0.875. The van der Waals surface area contributed by atoms with Crippen LogP contribution in [0.2, 0.25) is 0 Å². The molecule has 0 radical (unpaired) electrons. The number of carbonyl (C=O) groups is 2. The van der Waals surface area contributed by atoms with Crippen molar-refractivity contribution in [3.05, 3.63) is 0 Å². The second-order valence-corrected chi connectivity index (χ2v) is 7.31. The van der Waals surface area contributed by atoms with Crippen molar-refractivity contribution < 1.29 is 19.4 Å². The highest BCUT2D eigenvalue weighted by molar-refractivity contribution is 5.94. The molecule has 0 heterocycles. The second kappa shape index (κ2) is 6.15. The first-order chi connectivity index (χ1) is 9.09. The van der Waals surface area contributed by atoms with E-state index < -0.39 is 23.5 Å². The third-order valence-corrected chi connectivity index (χ3v) is 4.04. The Balaban J connectivity index is 2.80. The third kappa shape index (κ3) is 4.80. The number of ether oxygens (including phenoxy) is 1. The summed E-state index contributed by atoms with van der Waals surface area (Å²) in [5.41, 5.74) is -0.708. The minimum absolute atomic E-state index is 0.0608. The number of esters is 1. The standard InChI is InChI=1S/C16H28O4/c1-6-9-16(5,11-7-8-11)10-12(13(17)18)14(19)20-15(2,3)4/h11-12H,6-10H2,1-5H3,(H,17,18). The monoisotopic (exact) mass is 284 g/mol. The first-order valence-corrected chi connectivity index (χ1v) is 7.55. The molecule has 1 saturated carbocycles. The van der Waals surface area contributed by atoms with Gasteiger partial charge in [0.05, 0.1) is 0 Å². The third-order valence-electron chi connectivity index (χ3n) is 4.04. The number of aliphatic carboxylic acids is 1. The van der Waals surface area contributed by atoms with Crippen molar-refractivity contribution in [2.24, 2.45) is 17.3 Å². The van der Waals surface area contributed by atoms with E-state index in [2.05, 4.69) is 13.8 Å². The molecule has 1 fully saturated rings. The van der Waals surface area contributed by atoms with E-state index in [1.54, 1.807) is 20.8 Å². The normalized spacial score (nSPS) is 20.1. The molecule has 0 aromatic heterocycles. The zero-order chi connectivity index (χ0) is 15.6. The Morgan fingerprint density at radius 2 is 1.80 bits per heavy atom. The molecule has 0 aromatic carbocycles. The molecule has 2 unspecified atom stereocenters. The van der Waals surface area contributed by atoms with Crippen molar-refractivity contribution in [1.82, 2.24) is 0 Å². The summed E-state index contributed by atoms with van der Waals surface area (Å²) in [6, 6.07) is 0. The topological polar surface area (TPSA) is 63.6 Å². The van der Waals surface area contributed by atoms with Crippen molar-refractivity contribution in [2.45, 2.75) is 72.3 Å². The molecule has 0 amide bonds. The maximum absolute atomic E-state index is 12.1. The highest BCUT2D eigenvalue weighted by Gasteiger charge is 2.45. The van der Waals surface area contributed by atoms with Crippen LogP contribution in [0.3, 0.4) is 0 Å². The van der Waals surface area contributed by atoms with E-state index in [4.69, 9.17) is 4.74 Å². The highest BCUT2D eigenvalue weighted by Crippen LogP contribution is 2.51. The first kappa shape index (κ1) is 17.0. The van der Waals surface area contributed by atoms with Crippen molar-refractivity contribution in [3.8, 4) is 0 Å². The van der Waals surface area contributed by atoms with Crippen LogP contribution in [0.15, 0.2) is 0 Å². The van der Waals surface area contributed by atoms with E-state index in [0.29, 0.717) is 12.3 Å². The Bertz CT molecular complexity index is 365. The Labute approximate surface area is 121 Å². The summed E-state index contributed by atoms with van der Waals surface area (Å²) in [7, 11) is 0. The minimum atomic E-state index is -1.07. The van der Waals surface area contributed by atoms with Crippen LogP contribution in [-0.2, 0) is 14.3 Å². The summed E-state index contributed by atoms with van der Waals surface area (Å²) >= 11 is 0. The molecule has 0 saturated heterocycles. The van der Waals surface area contributed by atoms with Gasteiger partial charge in [0.1, 0.15) is 5.60 Å². The van der Waals surface area contributed by atoms with Gasteiger partial charge in [0.25, 0.3) is 0 Å². The van der Waals surface area contributed by atoms with Gasteiger partial charge < -0.3 is 9.84 Å². The van der Waals surface area contributed by atoms with E-state index in [-0.39, 0.29) is 5.41 Å². The zero-order valence-electron chi connectivity index (χ0n) is 13.4. The summed E-state index contributed by atoms with van der Waals surface area (Å²) in [6.07, 6.45) is 4.65. The van der Waals surface area contributed by atoms with Gasteiger partial charge in [0.2, 0.25) is 0 Å². The lowest BCUT2D eigenvalue weighted by molar-refractivity contribution is -0.168. The van der Waals surface area contributed by atoms with E-state index in [9.17, 15) is 14.7 Å². The number of carbonyl (C=O) groups excluding carboxylic acids is 1. The molecule has 0 spiro atoms. The molecular formula is C16H28O4. The Hall–Kier alpha value is -1.06. The molecule has 1 rings (SSSR count). The highest BCUT2D eigenvalue weighted by atomic mass is 16.6. The van der Waals surface area contributed by atoms with E-state index in [0.717, 1.165) is 25.7 Å². The van der Waals surface area contributed by atoms with Gasteiger partial charge in [-0.25, -0.2) is 0 Å². The molecule has 20 heavy (non-hydrogen) atoms. The average Bonchev–Trinajstić information content (AvgIpc) is 3.07. The quantitative estimate of drug-likeness (QED) is 0.572. The lowest BCUT2D eigenvalue weighted by Gasteiger charge is -2.32. The average molecular weight is 284 g/mol. The smallest absolute Gasteiger partial charge is 0.320 e. The molecule has 2 atom stereocenters. The lowest BCUT2D eigenvalue weighted by atomic mass is 9.73. The van der Waals surface area contributed by atoms with E-state index in [1.807, 2.05) is 0 Å². The maximum atomic E-state index is 12.1. The van der Waals surface area contributed by atoms with Crippen LogP contribution in [0.4, 0.5) is 0 Å². The van der Waals surface area contributed by atoms with Gasteiger partial charge in [-0.15, -0.1) is 0 Å². The van der Waals surface area contributed by atoms with Crippen molar-refractivity contribution in [2.75, 3.05) is 0 Å². The van der Waals surface area contributed by atoms with Crippen LogP contribution in [0, 0.1) is 17.3 Å². The van der Waals surface area contributed by atoms with Gasteiger partial charge in [-0.1, -0.05) is 20.3 Å². The van der Waals surface area contributed by atoms with Crippen molar-refractivity contribution in [3.63, 3.8) is 0 Å². The largest absolute Gasteiger partial charge is 0.481 e. The van der Waals surface area contributed by atoms with Crippen LogP contribution >= 0.6 is 0 Å². The first-order valence-electron chi connectivity index (χ1n) is 7.55. The predicted octanol–water partition coefficient (Wildman–Crippen LogP) is 3.64. The predicted molar refractivity (Wildman–Crippen MR) is 77.3 cm³/mol. The number of rotatable bonds is 7. The lowest BCUT2D eigenvalue weighted by Crippen LogP contribution is -2.36.